The molecule has 0 unspecified atom stereocenters. The Kier molecular flexibility index (Phi) is 5.33. The van der Waals surface area contributed by atoms with Gasteiger partial charge in [0.25, 0.3) is 5.91 Å². The van der Waals surface area contributed by atoms with Gasteiger partial charge >= 0.3 is 0 Å². The zero-order valence-electron chi connectivity index (χ0n) is 17.7. The van der Waals surface area contributed by atoms with Gasteiger partial charge < -0.3 is 16.0 Å². The van der Waals surface area contributed by atoms with Crippen LogP contribution in [-0.2, 0) is 12.8 Å². The summed E-state index contributed by atoms with van der Waals surface area (Å²) in [4.78, 5) is 30.0. The maximum absolute atomic E-state index is 12.2. The molecule has 8 heteroatoms. The Morgan fingerprint density at radius 3 is 2.97 bits per heavy atom. The van der Waals surface area contributed by atoms with Crippen molar-refractivity contribution in [2.24, 2.45) is 0 Å². The minimum Gasteiger partial charge on any atom is -0.370 e. The summed E-state index contributed by atoms with van der Waals surface area (Å²) >= 11 is 0. The molecule has 3 N–H and O–H groups in total. The molecule has 0 saturated carbocycles. The smallest absolute Gasteiger partial charge is 0.251 e. The minimum atomic E-state index is -0.113. The van der Waals surface area contributed by atoms with Crippen LogP contribution in [0.25, 0.3) is 22.2 Å². The number of pyridine rings is 2. The number of benzene rings is 1. The maximum atomic E-state index is 12.2. The van der Waals surface area contributed by atoms with Gasteiger partial charge in [0.05, 0.1) is 16.8 Å². The molecule has 1 aliphatic rings. The molecular formula is C24H23N7O. The number of nitrogens with zero attached hydrogens (tertiary/aromatic N) is 4. The lowest BCUT2D eigenvalue weighted by Gasteiger charge is -2.10. The minimum absolute atomic E-state index is 0.113. The van der Waals surface area contributed by atoms with E-state index in [1.54, 1.807) is 25.6 Å². The molecule has 0 radical (unpaired) electrons. The lowest BCUT2D eigenvalue weighted by atomic mass is 10.0. The highest BCUT2D eigenvalue weighted by Gasteiger charge is 2.14. The van der Waals surface area contributed by atoms with Crippen molar-refractivity contribution in [3.63, 3.8) is 0 Å². The molecular weight excluding hydrogens is 402 g/mol. The first-order valence-corrected chi connectivity index (χ1v) is 10.6. The summed E-state index contributed by atoms with van der Waals surface area (Å²) in [6, 6.07) is 11.8. The van der Waals surface area contributed by atoms with Gasteiger partial charge in [-0.1, -0.05) is 18.2 Å². The highest BCUT2D eigenvalue weighted by Crippen LogP contribution is 2.26. The molecule has 1 aliphatic heterocycles. The van der Waals surface area contributed by atoms with Gasteiger partial charge in [0.1, 0.15) is 18.0 Å². The van der Waals surface area contributed by atoms with Crippen LogP contribution in [0.15, 0.2) is 55.1 Å². The largest absolute Gasteiger partial charge is 0.370 e. The van der Waals surface area contributed by atoms with Crippen molar-refractivity contribution in [3.8, 4) is 11.3 Å². The fourth-order valence-electron chi connectivity index (χ4n) is 4.02. The predicted octanol–water partition coefficient (Wildman–Crippen LogP) is 3.07. The van der Waals surface area contributed by atoms with E-state index in [4.69, 9.17) is 0 Å². The number of aromatic nitrogens is 4. The second kappa shape index (κ2) is 8.58. The van der Waals surface area contributed by atoms with E-state index in [9.17, 15) is 4.79 Å². The lowest BCUT2D eigenvalue weighted by molar-refractivity contribution is 0.0964. The molecule has 8 nitrogen and oxygen atoms in total. The monoisotopic (exact) mass is 425 g/mol. The maximum Gasteiger partial charge on any atom is 0.251 e. The number of carbonyl (C=O) groups excluding carboxylic acids is 1. The highest BCUT2D eigenvalue weighted by atomic mass is 16.1. The zero-order chi connectivity index (χ0) is 21.9. The summed E-state index contributed by atoms with van der Waals surface area (Å²) < 4.78 is 0. The van der Waals surface area contributed by atoms with Gasteiger partial charge in [-0.2, -0.15) is 0 Å². The quantitative estimate of drug-likeness (QED) is 0.436. The Morgan fingerprint density at radius 1 is 1.12 bits per heavy atom. The van der Waals surface area contributed by atoms with E-state index >= 15 is 0 Å². The fraction of sp³-hybridized carbons (Fsp3) is 0.208. The molecule has 0 bridgehead atoms. The molecule has 0 spiro atoms. The molecule has 5 rings (SSSR count). The molecule has 0 atom stereocenters. The lowest BCUT2D eigenvalue weighted by Crippen LogP contribution is -2.18. The topological polar surface area (TPSA) is 105 Å². The number of nitrogens with one attached hydrogen (secondary N) is 3. The number of hydrogen-bond acceptors (Lipinski definition) is 7. The van der Waals surface area contributed by atoms with Crippen molar-refractivity contribution in [2.45, 2.75) is 12.8 Å². The van der Waals surface area contributed by atoms with Gasteiger partial charge in [0.15, 0.2) is 0 Å². The number of amides is 1. The van der Waals surface area contributed by atoms with Gasteiger partial charge in [-0.15, -0.1) is 0 Å². The number of rotatable bonds is 6. The number of anilines is 2. The van der Waals surface area contributed by atoms with E-state index < -0.39 is 0 Å². The van der Waals surface area contributed by atoms with E-state index in [0.29, 0.717) is 12.1 Å². The average molecular weight is 425 g/mol. The first-order chi connectivity index (χ1) is 15.7. The molecule has 3 aromatic heterocycles. The fourth-order valence-corrected chi connectivity index (χ4v) is 4.02. The van der Waals surface area contributed by atoms with Gasteiger partial charge in [-0.05, 0) is 36.1 Å². The van der Waals surface area contributed by atoms with Gasteiger partial charge in [0, 0.05) is 49.5 Å². The normalized spacial score (nSPS) is 12.3. The summed E-state index contributed by atoms with van der Waals surface area (Å²) in [6.07, 6.45) is 6.81. The molecule has 32 heavy (non-hydrogen) atoms. The highest BCUT2D eigenvalue weighted by molar-refractivity contribution is 6.06. The van der Waals surface area contributed by atoms with Crippen molar-refractivity contribution in [3.05, 3.63) is 71.8 Å². The number of para-hydroxylation sites is 1. The van der Waals surface area contributed by atoms with E-state index in [2.05, 4.69) is 42.0 Å². The van der Waals surface area contributed by atoms with Gasteiger partial charge in [-0.25, -0.2) is 15.0 Å². The Bertz CT molecular complexity index is 1300. The number of fused-ring (bicyclic) bond motifs is 2. The summed E-state index contributed by atoms with van der Waals surface area (Å²) in [5, 5.41) is 10.2. The Morgan fingerprint density at radius 2 is 2.06 bits per heavy atom. The first-order valence-electron chi connectivity index (χ1n) is 10.6. The second-order valence-electron chi connectivity index (χ2n) is 7.62. The molecule has 160 valence electrons. The van der Waals surface area contributed by atoms with Crippen LogP contribution in [0.2, 0.25) is 0 Å². The second-order valence-corrected chi connectivity index (χ2v) is 7.62. The van der Waals surface area contributed by atoms with Crippen LogP contribution in [-0.4, -0.2) is 46.0 Å². The molecule has 0 aliphatic carbocycles. The van der Waals surface area contributed by atoms with E-state index in [-0.39, 0.29) is 5.91 Å². The van der Waals surface area contributed by atoms with E-state index in [1.807, 2.05) is 30.5 Å². The Balaban J connectivity index is 1.32. The van der Waals surface area contributed by atoms with Crippen LogP contribution in [0, 0.1) is 0 Å². The third-order valence-corrected chi connectivity index (χ3v) is 5.64. The number of hydrogen-bond donors (Lipinski definition) is 3. The molecule has 4 heterocycles. The molecule has 0 fully saturated rings. The third-order valence-electron chi connectivity index (χ3n) is 5.64. The van der Waals surface area contributed by atoms with E-state index in [0.717, 1.165) is 58.7 Å². The van der Waals surface area contributed by atoms with Crippen LogP contribution in [0.5, 0.6) is 0 Å². The molecule has 1 amide bonds. The average Bonchev–Trinajstić information content (AvgIpc) is 3.31. The van der Waals surface area contributed by atoms with Crippen molar-refractivity contribution >= 4 is 28.4 Å². The van der Waals surface area contributed by atoms with Crippen LogP contribution in [0.3, 0.4) is 0 Å². The van der Waals surface area contributed by atoms with Crippen LogP contribution in [0.4, 0.5) is 11.6 Å². The van der Waals surface area contributed by atoms with Crippen molar-refractivity contribution < 1.29 is 4.79 Å². The third kappa shape index (κ3) is 3.82. The van der Waals surface area contributed by atoms with Crippen LogP contribution in [0.1, 0.15) is 21.5 Å². The standard InChI is InChI=1S/C24H23N7O/c1-25-24(32)19-7-10-27-22-15(3-2-4-18(19)22)5-8-26-21-12-20(30-14-31-21)17-11-16-6-9-28-23(16)29-13-17/h2-4,7,10-14H,5-6,8-9H2,1H3,(H,25,32)(H,28,29)(H,26,30,31). The van der Waals surface area contributed by atoms with Crippen LogP contribution >= 0.6 is 0 Å². The summed E-state index contributed by atoms with van der Waals surface area (Å²) in [5.74, 6) is 1.61. The summed E-state index contributed by atoms with van der Waals surface area (Å²) in [7, 11) is 1.63. The van der Waals surface area contributed by atoms with Crippen molar-refractivity contribution in [1.29, 1.82) is 0 Å². The Labute approximate surface area is 185 Å². The summed E-state index contributed by atoms with van der Waals surface area (Å²) in [6.45, 7) is 1.60. The van der Waals surface area contributed by atoms with Gasteiger partial charge in [-0.3, -0.25) is 9.78 Å². The predicted molar refractivity (Wildman–Crippen MR) is 125 cm³/mol. The molecule has 4 aromatic rings. The molecule has 0 saturated heterocycles. The zero-order valence-corrected chi connectivity index (χ0v) is 17.7. The number of carbonyl (C=O) groups is 1. The van der Waals surface area contributed by atoms with E-state index in [1.165, 1.54) is 5.56 Å². The Hall–Kier alpha value is -4.07. The summed E-state index contributed by atoms with van der Waals surface area (Å²) in [5.41, 5.74) is 5.59. The van der Waals surface area contributed by atoms with Gasteiger partial charge in [0.2, 0.25) is 0 Å². The van der Waals surface area contributed by atoms with Crippen LogP contribution < -0.4 is 16.0 Å². The first kappa shape index (κ1) is 19.9. The van der Waals surface area contributed by atoms with Crippen molar-refractivity contribution in [2.75, 3.05) is 30.8 Å². The molecule has 1 aromatic carbocycles. The SMILES string of the molecule is CNC(=O)c1ccnc2c(CCNc3cc(-c4cnc5c(c4)CCN5)ncn3)cccc12. The van der Waals surface area contributed by atoms with Crippen molar-refractivity contribution in [1.82, 2.24) is 25.3 Å².